The molecule has 3 rings (SSSR count). The number of rotatable bonds is 3. The largest absolute Gasteiger partial charge is 0.370 e. The summed E-state index contributed by atoms with van der Waals surface area (Å²) in [5.41, 5.74) is 4.06. The normalized spacial score (nSPS) is 19.2. The Morgan fingerprint density at radius 2 is 2.43 bits per heavy atom. The van der Waals surface area contributed by atoms with Crippen molar-refractivity contribution in [2.45, 2.75) is 19.6 Å². The maximum absolute atomic E-state index is 5.89. The average Bonchev–Trinajstić information content (AvgIpc) is 3.17. The van der Waals surface area contributed by atoms with Crippen molar-refractivity contribution in [2.75, 3.05) is 26.7 Å². The van der Waals surface area contributed by atoms with E-state index in [-0.39, 0.29) is 6.10 Å². The molecule has 0 aliphatic carbocycles. The number of aryl methyl sites for hydroxylation is 2. The second kappa shape index (κ2) is 7.10. The maximum atomic E-state index is 5.89. The van der Waals surface area contributed by atoms with Crippen molar-refractivity contribution in [1.82, 2.24) is 25.0 Å². The zero-order valence-corrected chi connectivity index (χ0v) is 14.5. The third-order valence-electron chi connectivity index (χ3n) is 3.93. The maximum Gasteiger partial charge on any atom is 0.194 e. The van der Waals surface area contributed by atoms with Gasteiger partial charge in [0.05, 0.1) is 37.1 Å². The lowest BCUT2D eigenvalue weighted by Crippen LogP contribution is -2.47. The second-order valence-corrected chi connectivity index (χ2v) is 6.45. The summed E-state index contributed by atoms with van der Waals surface area (Å²) in [6.45, 7) is 5.06. The van der Waals surface area contributed by atoms with Gasteiger partial charge in [0.1, 0.15) is 6.10 Å². The van der Waals surface area contributed by atoms with Gasteiger partial charge in [-0.3, -0.25) is 9.67 Å². The summed E-state index contributed by atoms with van der Waals surface area (Å²) in [5.74, 6) is 0.898. The predicted octanol–water partition coefficient (Wildman–Crippen LogP) is 1.33. The van der Waals surface area contributed by atoms with Gasteiger partial charge in [-0.15, -0.1) is 11.3 Å². The molecule has 1 aliphatic rings. The average molecular weight is 334 g/mol. The molecule has 1 saturated heterocycles. The Balaban J connectivity index is 1.63. The number of aromatic nitrogens is 3. The van der Waals surface area contributed by atoms with Crippen LogP contribution in [0.5, 0.6) is 0 Å². The molecule has 0 bridgehead atoms. The van der Waals surface area contributed by atoms with Crippen LogP contribution in [0.2, 0.25) is 0 Å². The molecular weight excluding hydrogens is 312 g/mol. The number of morpholine rings is 1. The predicted molar refractivity (Wildman–Crippen MR) is 90.5 cm³/mol. The first-order valence-electron chi connectivity index (χ1n) is 7.62. The minimum absolute atomic E-state index is 0.0288. The van der Waals surface area contributed by atoms with Crippen LogP contribution < -0.4 is 5.32 Å². The van der Waals surface area contributed by atoms with Gasteiger partial charge in [0.25, 0.3) is 0 Å². The van der Waals surface area contributed by atoms with Gasteiger partial charge in [-0.25, -0.2) is 4.98 Å². The van der Waals surface area contributed by atoms with Crippen LogP contribution in [0.15, 0.2) is 22.9 Å². The summed E-state index contributed by atoms with van der Waals surface area (Å²) < 4.78 is 7.69. The Morgan fingerprint density at radius 3 is 3.09 bits per heavy atom. The van der Waals surface area contributed by atoms with Crippen molar-refractivity contribution < 1.29 is 4.74 Å². The molecule has 1 fully saturated rings. The van der Waals surface area contributed by atoms with E-state index < -0.39 is 0 Å². The fourth-order valence-corrected chi connectivity index (χ4v) is 3.35. The molecule has 124 valence electrons. The fourth-order valence-electron chi connectivity index (χ4n) is 2.64. The molecule has 1 unspecified atom stereocenters. The Labute approximate surface area is 140 Å². The molecule has 2 aromatic rings. The molecule has 23 heavy (non-hydrogen) atoms. The van der Waals surface area contributed by atoms with Gasteiger partial charge in [-0.1, -0.05) is 0 Å². The van der Waals surface area contributed by atoms with E-state index in [0.29, 0.717) is 6.61 Å². The van der Waals surface area contributed by atoms with Gasteiger partial charge in [-0.2, -0.15) is 5.10 Å². The lowest BCUT2D eigenvalue weighted by atomic mass is 10.1. The second-order valence-electron chi connectivity index (χ2n) is 5.51. The van der Waals surface area contributed by atoms with Crippen molar-refractivity contribution in [3.63, 3.8) is 0 Å². The van der Waals surface area contributed by atoms with Crippen LogP contribution >= 0.6 is 11.3 Å². The van der Waals surface area contributed by atoms with Gasteiger partial charge in [0, 0.05) is 37.3 Å². The lowest BCUT2D eigenvalue weighted by Gasteiger charge is -2.34. The van der Waals surface area contributed by atoms with E-state index in [0.717, 1.165) is 36.9 Å². The van der Waals surface area contributed by atoms with E-state index in [9.17, 15) is 0 Å². The summed E-state index contributed by atoms with van der Waals surface area (Å²) in [6.07, 6.45) is 3.90. The Kier molecular flexibility index (Phi) is 4.92. The minimum Gasteiger partial charge on any atom is -0.370 e. The van der Waals surface area contributed by atoms with E-state index >= 15 is 0 Å². The number of hydrogen-bond donors (Lipinski definition) is 1. The topological polar surface area (TPSA) is 67.6 Å². The summed E-state index contributed by atoms with van der Waals surface area (Å²) >= 11 is 1.67. The zero-order valence-electron chi connectivity index (χ0n) is 13.7. The first-order chi connectivity index (χ1) is 11.2. The molecule has 1 atom stereocenters. The molecule has 2 aromatic heterocycles. The van der Waals surface area contributed by atoms with Crippen molar-refractivity contribution in [3.8, 4) is 0 Å². The number of thiazole rings is 1. The molecule has 0 amide bonds. The third kappa shape index (κ3) is 3.70. The molecular formula is C15H22N6OS. The molecule has 1 aliphatic heterocycles. The number of aliphatic imine (C=N–C) groups is 1. The van der Waals surface area contributed by atoms with Crippen molar-refractivity contribution in [2.24, 2.45) is 12.0 Å². The van der Waals surface area contributed by atoms with Crippen LogP contribution in [0.4, 0.5) is 0 Å². The quantitative estimate of drug-likeness (QED) is 0.678. The zero-order chi connectivity index (χ0) is 16.2. The smallest absolute Gasteiger partial charge is 0.194 e. The Hall–Kier alpha value is -1.93. The summed E-state index contributed by atoms with van der Waals surface area (Å²) in [5, 5.41) is 7.66. The molecule has 0 radical (unpaired) electrons. The van der Waals surface area contributed by atoms with Crippen molar-refractivity contribution >= 4 is 17.3 Å². The molecule has 1 N–H and O–H groups in total. The Morgan fingerprint density at radius 1 is 1.57 bits per heavy atom. The molecule has 8 heteroatoms. The van der Waals surface area contributed by atoms with Crippen LogP contribution in [0.3, 0.4) is 0 Å². The van der Waals surface area contributed by atoms with E-state index in [4.69, 9.17) is 4.74 Å². The highest BCUT2D eigenvalue weighted by molar-refractivity contribution is 7.09. The van der Waals surface area contributed by atoms with Crippen molar-refractivity contribution in [1.29, 1.82) is 0 Å². The fraction of sp³-hybridized carbons (Fsp3) is 0.533. The lowest BCUT2D eigenvalue weighted by molar-refractivity contribution is -0.00805. The monoisotopic (exact) mass is 334 g/mol. The van der Waals surface area contributed by atoms with Gasteiger partial charge in [-0.05, 0) is 6.92 Å². The summed E-state index contributed by atoms with van der Waals surface area (Å²) in [7, 11) is 3.73. The first kappa shape index (κ1) is 15.9. The molecule has 0 spiro atoms. The number of guanidine groups is 1. The van der Waals surface area contributed by atoms with Crippen LogP contribution in [0, 0.1) is 6.92 Å². The molecule has 0 saturated carbocycles. The third-order valence-corrected chi connectivity index (χ3v) is 4.86. The van der Waals surface area contributed by atoms with Crippen molar-refractivity contribution in [3.05, 3.63) is 34.0 Å². The van der Waals surface area contributed by atoms with Crippen LogP contribution in [-0.4, -0.2) is 52.4 Å². The standard InChI is InChI=1S/C15H22N6OS/c1-11-14(23-10-18-11)7-17-15(16-2)21-4-5-22-13(9-21)12-6-19-20(3)8-12/h6,8,10,13H,4-5,7,9H2,1-3H3,(H,16,17). The molecule has 3 heterocycles. The minimum atomic E-state index is 0.0288. The van der Waals surface area contributed by atoms with Gasteiger partial charge < -0.3 is 15.0 Å². The van der Waals surface area contributed by atoms with Crippen LogP contribution in [0.1, 0.15) is 22.2 Å². The van der Waals surface area contributed by atoms with Gasteiger partial charge >= 0.3 is 0 Å². The van der Waals surface area contributed by atoms with E-state index in [1.807, 2.05) is 38.9 Å². The number of nitrogens with zero attached hydrogens (tertiary/aromatic N) is 5. The summed E-state index contributed by atoms with van der Waals surface area (Å²) in [6, 6.07) is 0. The van der Waals surface area contributed by atoms with Gasteiger partial charge in [0.15, 0.2) is 5.96 Å². The van der Waals surface area contributed by atoms with Gasteiger partial charge in [0.2, 0.25) is 0 Å². The Bertz CT molecular complexity index is 679. The molecule has 7 nitrogen and oxygen atoms in total. The van der Waals surface area contributed by atoms with E-state index in [1.54, 1.807) is 16.0 Å². The SMILES string of the molecule is CN=C(NCc1scnc1C)N1CCOC(c2cnn(C)c2)C1. The van der Waals surface area contributed by atoms with Crippen LogP contribution in [-0.2, 0) is 18.3 Å². The first-order valence-corrected chi connectivity index (χ1v) is 8.50. The highest BCUT2D eigenvalue weighted by atomic mass is 32.1. The van der Waals surface area contributed by atoms with E-state index in [1.165, 1.54) is 4.88 Å². The highest BCUT2D eigenvalue weighted by Crippen LogP contribution is 2.21. The molecule has 0 aromatic carbocycles. The van der Waals surface area contributed by atoms with Crippen LogP contribution in [0.25, 0.3) is 0 Å². The van der Waals surface area contributed by atoms with E-state index in [2.05, 4.69) is 25.3 Å². The highest BCUT2D eigenvalue weighted by Gasteiger charge is 2.25. The number of ether oxygens (including phenoxy) is 1. The number of nitrogens with one attached hydrogen (secondary N) is 1. The summed E-state index contributed by atoms with van der Waals surface area (Å²) in [4.78, 5) is 12.2. The number of hydrogen-bond acceptors (Lipinski definition) is 5.